The van der Waals surface area contributed by atoms with Crippen molar-refractivity contribution in [2.75, 3.05) is 18.1 Å². The molecule has 1 heterocycles. The van der Waals surface area contributed by atoms with Crippen molar-refractivity contribution >= 4 is 17.9 Å². The van der Waals surface area contributed by atoms with Gasteiger partial charge in [0.15, 0.2) is 0 Å². The summed E-state index contributed by atoms with van der Waals surface area (Å²) in [5.41, 5.74) is -0.431. The van der Waals surface area contributed by atoms with Crippen molar-refractivity contribution in [1.82, 2.24) is 10.6 Å². The molecule has 2 N–H and O–H groups in total. The molecule has 4 nitrogen and oxygen atoms in total. The van der Waals surface area contributed by atoms with Crippen LogP contribution in [0.3, 0.4) is 0 Å². The second kappa shape index (κ2) is 8.00. The van der Waals surface area contributed by atoms with Crippen molar-refractivity contribution in [3.63, 3.8) is 0 Å². The summed E-state index contributed by atoms with van der Waals surface area (Å²) < 4.78 is 5.24. The van der Waals surface area contributed by atoms with E-state index in [0.717, 1.165) is 6.42 Å². The van der Waals surface area contributed by atoms with Gasteiger partial charge in [-0.3, -0.25) is 0 Å². The molecule has 0 saturated carbocycles. The molecule has 0 aromatic heterocycles. The van der Waals surface area contributed by atoms with Gasteiger partial charge in [-0.1, -0.05) is 6.92 Å². The zero-order valence-corrected chi connectivity index (χ0v) is 13.4. The highest BCUT2D eigenvalue weighted by Gasteiger charge is 2.19. The maximum absolute atomic E-state index is 11.6. The number of alkyl carbamates (subject to hydrolysis) is 1. The topological polar surface area (TPSA) is 50.4 Å². The van der Waals surface area contributed by atoms with Gasteiger partial charge in [0.25, 0.3) is 0 Å². The standard InChI is InChI=1S/C14H28N2O2S/c1-5-11(16-12-7-6-8-19-10-12)9-15-13(17)18-14(2,3)4/h11-12,16H,5-10H2,1-4H3,(H,15,17). The van der Waals surface area contributed by atoms with E-state index in [4.69, 9.17) is 4.74 Å². The largest absolute Gasteiger partial charge is 0.444 e. The highest BCUT2D eigenvalue weighted by Crippen LogP contribution is 2.17. The van der Waals surface area contributed by atoms with Crippen LogP contribution in [0.2, 0.25) is 0 Å². The molecule has 5 heteroatoms. The summed E-state index contributed by atoms with van der Waals surface area (Å²) in [5.74, 6) is 2.47. The first-order chi connectivity index (χ1) is 8.90. The molecule has 1 amide bonds. The first-order valence-corrected chi connectivity index (χ1v) is 8.37. The second-order valence-corrected chi connectivity index (χ2v) is 7.22. The molecular formula is C14H28N2O2S. The van der Waals surface area contributed by atoms with Crippen molar-refractivity contribution in [2.45, 2.75) is 64.6 Å². The van der Waals surface area contributed by atoms with E-state index >= 15 is 0 Å². The Labute approximate surface area is 121 Å². The number of hydrogen-bond donors (Lipinski definition) is 2. The number of ether oxygens (including phenoxy) is 1. The van der Waals surface area contributed by atoms with Crippen molar-refractivity contribution in [2.24, 2.45) is 0 Å². The zero-order chi connectivity index (χ0) is 14.3. The molecule has 0 bridgehead atoms. The monoisotopic (exact) mass is 288 g/mol. The Morgan fingerprint density at radius 3 is 2.74 bits per heavy atom. The third kappa shape index (κ3) is 7.67. The molecule has 0 aromatic rings. The van der Waals surface area contributed by atoms with Gasteiger partial charge in [0, 0.05) is 24.4 Å². The molecule has 2 atom stereocenters. The molecule has 0 radical (unpaired) electrons. The van der Waals surface area contributed by atoms with Crippen LogP contribution in [-0.2, 0) is 4.74 Å². The van der Waals surface area contributed by atoms with Gasteiger partial charge in [-0.2, -0.15) is 11.8 Å². The van der Waals surface area contributed by atoms with Crippen molar-refractivity contribution in [3.8, 4) is 0 Å². The number of nitrogens with one attached hydrogen (secondary N) is 2. The first-order valence-electron chi connectivity index (χ1n) is 7.21. The van der Waals surface area contributed by atoms with Crippen LogP contribution >= 0.6 is 11.8 Å². The average Bonchev–Trinajstić information content (AvgIpc) is 2.33. The second-order valence-electron chi connectivity index (χ2n) is 6.07. The maximum Gasteiger partial charge on any atom is 0.407 e. The summed E-state index contributed by atoms with van der Waals surface area (Å²) in [6, 6.07) is 0.917. The fourth-order valence-corrected chi connectivity index (χ4v) is 3.13. The van der Waals surface area contributed by atoms with Crippen molar-refractivity contribution < 1.29 is 9.53 Å². The summed E-state index contributed by atoms with van der Waals surface area (Å²) in [6.45, 7) is 8.40. The van der Waals surface area contributed by atoms with E-state index in [9.17, 15) is 4.79 Å². The fraction of sp³-hybridized carbons (Fsp3) is 0.929. The van der Waals surface area contributed by atoms with Gasteiger partial charge in [-0.25, -0.2) is 4.79 Å². The molecule has 19 heavy (non-hydrogen) atoms. The lowest BCUT2D eigenvalue weighted by Gasteiger charge is -2.28. The Kier molecular flexibility index (Phi) is 7.00. The van der Waals surface area contributed by atoms with Crippen LogP contribution in [0, 0.1) is 0 Å². The van der Waals surface area contributed by atoms with Gasteiger partial charge in [-0.05, 0) is 45.8 Å². The van der Waals surface area contributed by atoms with Gasteiger partial charge in [0.05, 0.1) is 0 Å². The number of rotatable bonds is 5. The number of hydrogen-bond acceptors (Lipinski definition) is 4. The molecule has 1 fully saturated rings. The molecular weight excluding hydrogens is 260 g/mol. The van der Waals surface area contributed by atoms with Crippen LogP contribution in [0.4, 0.5) is 4.79 Å². The fourth-order valence-electron chi connectivity index (χ4n) is 2.05. The van der Waals surface area contributed by atoms with Crippen LogP contribution in [0.1, 0.15) is 47.0 Å². The van der Waals surface area contributed by atoms with Crippen LogP contribution in [0.25, 0.3) is 0 Å². The van der Waals surface area contributed by atoms with Crippen LogP contribution in [0.5, 0.6) is 0 Å². The highest BCUT2D eigenvalue weighted by atomic mass is 32.2. The minimum atomic E-state index is -0.431. The number of carbonyl (C=O) groups excluding carboxylic acids is 1. The lowest BCUT2D eigenvalue weighted by Crippen LogP contribution is -2.47. The molecule has 112 valence electrons. The summed E-state index contributed by atoms with van der Waals surface area (Å²) in [6.07, 6.45) is 3.22. The Bertz CT molecular complexity index is 273. The van der Waals surface area contributed by atoms with Gasteiger partial charge < -0.3 is 15.4 Å². The smallest absolute Gasteiger partial charge is 0.407 e. The Morgan fingerprint density at radius 2 is 2.21 bits per heavy atom. The summed E-state index contributed by atoms with van der Waals surface area (Å²) in [5, 5.41) is 6.48. The van der Waals surface area contributed by atoms with E-state index < -0.39 is 5.60 Å². The van der Waals surface area contributed by atoms with E-state index in [1.54, 1.807) is 0 Å². The van der Waals surface area contributed by atoms with Crippen LogP contribution in [-0.4, -0.2) is 41.8 Å². The molecule has 1 aliphatic rings. The number of thioether (sulfide) groups is 1. The highest BCUT2D eigenvalue weighted by molar-refractivity contribution is 7.99. The minimum absolute atomic E-state index is 0.328. The molecule has 1 aliphatic heterocycles. The molecule has 1 rings (SSSR count). The molecule has 2 unspecified atom stereocenters. The average molecular weight is 288 g/mol. The van der Waals surface area contributed by atoms with Crippen molar-refractivity contribution in [3.05, 3.63) is 0 Å². The van der Waals surface area contributed by atoms with Gasteiger partial charge in [0.1, 0.15) is 5.60 Å². The Hall–Kier alpha value is -0.420. The summed E-state index contributed by atoms with van der Waals surface area (Å²) in [4.78, 5) is 11.6. The summed E-state index contributed by atoms with van der Waals surface area (Å²) in [7, 11) is 0. The Morgan fingerprint density at radius 1 is 1.47 bits per heavy atom. The van der Waals surface area contributed by atoms with E-state index in [2.05, 4.69) is 17.6 Å². The summed E-state index contributed by atoms with van der Waals surface area (Å²) >= 11 is 2.01. The van der Waals surface area contributed by atoms with Gasteiger partial charge in [0.2, 0.25) is 0 Å². The quantitative estimate of drug-likeness (QED) is 0.817. The van der Waals surface area contributed by atoms with E-state index in [-0.39, 0.29) is 6.09 Å². The van der Waals surface area contributed by atoms with Crippen LogP contribution in [0.15, 0.2) is 0 Å². The third-order valence-corrected chi connectivity index (χ3v) is 4.23. The minimum Gasteiger partial charge on any atom is -0.444 e. The van der Waals surface area contributed by atoms with E-state index in [1.807, 2.05) is 32.5 Å². The van der Waals surface area contributed by atoms with Gasteiger partial charge in [-0.15, -0.1) is 0 Å². The zero-order valence-electron chi connectivity index (χ0n) is 12.6. The molecule has 0 aromatic carbocycles. The van der Waals surface area contributed by atoms with E-state index in [1.165, 1.54) is 24.3 Å². The molecule has 0 spiro atoms. The van der Waals surface area contributed by atoms with E-state index in [0.29, 0.717) is 18.6 Å². The maximum atomic E-state index is 11.6. The molecule has 1 saturated heterocycles. The SMILES string of the molecule is CCC(CNC(=O)OC(C)(C)C)NC1CCCSC1. The normalized spacial score (nSPS) is 21.8. The lowest BCUT2D eigenvalue weighted by atomic mass is 10.1. The number of amides is 1. The first kappa shape index (κ1) is 16.6. The van der Waals surface area contributed by atoms with Crippen molar-refractivity contribution in [1.29, 1.82) is 0 Å². The van der Waals surface area contributed by atoms with Crippen LogP contribution < -0.4 is 10.6 Å². The number of carbonyl (C=O) groups is 1. The predicted octanol–water partition coefficient (Wildman–Crippen LogP) is 2.77. The Balaban J connectivity index is 2.25. The predicted molar refractivity (Wildman–Crippen MR) is 81.8 cm³/mol. The third-order valence-electron chi connectivity index (χ3n) is 3.02. The molecule has 0 aliphatic carbocycles. The lowest BCUT2D eigenvalue weighted by molar-refractivity contribution is 0.0521. The van der Waals surface area contributed by atoms with Gasteiger partial charge >= 0.3 is 6.09 Å².